The van der Waals surface area contributed by atoms with Gasteiger partial charge in [-0.1, -0.05) is 61.1 Å². The standard InChI is InChI=1S/C32H44O8/c1-20-13-14-36-25(16-20)11-12-27(34)28-19-30-32(40-30)29(37-23(4)33)18-22(3)15-21(2)17-26-9-5-7-24(38-26)8-6-10-31(35)39-28/h5-7,10-13,21,24-30,32,34H,3,8-9,14-19H2,1-2,4H3/b10-6-,12-11?. The number of carbonyl (C=O) groups excluding carboxylic acids is 2. The molecular weight excluding hydrogens is 512 g/mol. The van der Waals surface area contributed by atoms with E-state index >= 15 is 0 Å². The SMILES string of the molecule is C=C1CC(C)CC2CC=CC(C/C=C\C(=O)OC(C(O)C=CC3CC(C)=CCO3)CC3OC3C(OC(C)=O)C1)O2. The number of esters is 2. The highest BCUT2D eigenvalue weighted by molar-refractivity contribution is 5.82. The van der Waals surface area contributed by atoms with E-state index in [0.29, 0.717) is 25.4 Å². The van der Waals surface area contributed by atoms with E-state index in [1.165, 1.54) is 18.6 Å². The fraction of sp³-hybridized carbons (Fsp3) is 0.625. The summed E-state index contributed by atoms with van der Waals surface area (Å²) in [5, 5.41) is 11.0. The lowest BCUT2D eigenvalue weighted by atomic mass is 9.90. The van der Waals surface area contributed by atoms with E-state index in [1.54, 1.807) is 12.2 Å². The lowest BCUT2D eigenvalue weighted by Crippen LogP contribution is -2.33. The van der Waals surface area contributed by atoms with Crippen LogP contribution in [0.2, 0.25) is 0 Å². The van der Waals surface area contributed by atoms with Gasteiger partial charge in [-0.15, -0.1) is 0 Å². The Hall–Kier alpha value is -2.52. The van der Waals surface area contributed by atoms with Crippen LogP contribution in [0.25, 0.3) is 0 Å². The predicted octanol–water partition coefficient (Wildman–Crippen LogP) is 4.68. The second-order valence-electron chi connectivity index (χ2n) is 11.6. The Morgan fingerprint density at radius 2 is 2.00 bits per heavy atom. The van der Waals surface area contributed by atoms with Gasteiger partial charge in [0, 0.05) is 25.8 Å². The molecule has 4 heterocycles. The highest BCUT2D eigenvalue weighted by atomic mass is 16.6. The number of hydrogen-bond acceptors (Lipinski definition) is 8. The summed E-state index contributed by atoms with van der Waals surface area (Å²) in [4.78, 5) is 24.7. The monoisotopic (exact) mass is 556 g/mol. The number of epoxide rings is 1. The first-order valence-electron chi connectivity index (χ1n) is 14.5. The molecule has 0 radical (unpaired) electrons. The Morgan fingerprint density at radius 3 is 2.77 bits per heavy atom. The predicted molar refractivity (Wildman–Crippen MR) is 150 cm³/mol. The summed E-state index contributed by atoms with van der Waals surface area (Å²) in [7, 11) is 0. The first-order chi connectivity index (χ1) is 19.2. The summed E-state index contributed by atoms with van der Waals surface area (Å²) in [6, 6.07) is 0. The van der Waals surface area contributed by atoms with E-state index in [1.807, 2.05) is 25.2 Å². The summed E-state index contributed by atoms with van der Waals surface area (Å²) in [5.41, 5.74) is 2.22. The van der Waals surface area contributed by atoms with Crippen LogP contribution in [0.1, 0.15) is 65.7 Å². The summed E-state index contributed by atoms with van der Waals surface area (Å²) in [6.07, 6.45) is 14.1. The number of carbonyl (C=O) groups is 2. The van der Waals surface area contributed by atoms with Crippen LogP contribution < -0.4 is 0 Å². The van der Waals surface area contributed by atoms with Gasteiger partial charge in [0.05, 0.1) is 31.0 Å². The van der Waals surface area contributed by atoms with Crippen LogP contribution in [-0.2, 0) is 33.3 Å². The fourth-order valence-corrected chi connectivity index (χ4v) is 5.75. The maximum Gasteiger partial charge on any atom is 0.330 e. The van der Waals surface area contributed by atoms with Crippen molar-refractivity contribution in [1.29, 1.82) is 0 Å². The van der Waals surface area contributed by atoms with E-state index in [4.69, 9.17) is 23.7 Å². The lowest BCUT2D eigenvalue weighted by molar-refractivity contribution is -0.148. The molecule has 0 saturated carbocycles. The van der Waals surface area contributed by atoms with E-state index in [2.05, 4.69) is 19.6 Å². The zero-order chi connectivity index (χ0) is 28.6. The van der Waals surface area contributed by atoms with Crippen LogP contribution in [-0.4, -0.2) is 72.5 Å². The van der Waals surface area contributed by atoms with Gasteiger partial charge in [-0.2, -0.15) is 0 Å². The quantitative estimate of drug-likeness (QED) is 0.303. The van der Waals surface area contributed by atoms with E-state index in [0.717, 1.165) is 31.3 Å². The molecule has 9 unspecified atom stereocenters. The molecule has 0 aliphatic carbocycles. The maximum atomic E-state index is 12.8. The highest BCUT2D eigenvalue weighted by Gasteiger charge is 2.48. The van der Waals surface area contributed by atoms with Gasteiger partial charge in [-0.3, -0.25) is 4.79 Å². The van der Waals surface area contributed by atoms with Crippen LogP contribution >= 0.6 is 0 Å². The lowest BCUT2D eigenvalue weighted by Gasteiger charge is -2.28. The first kappa shape index (κ1) is 30.4. The van der Waals surface area contributed by atoms with Gasteiger partial charge in [0.2, 0.25) is 0 Å². The molecule has 0 aromatic carbocycles. The molecule has 8 heteroatoms. The van der Waals surface area contributed by atoms with Crippen LogP contribution in [0.5, 0.6) is 0 Å². The molecule has 1 fully saturated rings. The average molecular weight is 557 g/mol. The van der Waals surface area contributed by atoms with E-state index in [-0.39, 0.29) is 42.9 Å². The molecule has 4 aliphatic heterocycles. The number of cyclic esters (lactones) is 1. The first-order valence-corrected chi connectivity index (χ1v) is 14.5. The van der Waals surface area contributed by atoms with Crippen molar-refractivity contribution in [3.8, 4) is 0 Å². The number of aliphatic hydroxyl groups excluding tert-OH is 1. The smallest absolute Gasteiger partial charge is 0.330 e. The van der Waals surface area contributed by atoms with E-state index < -0.39 is 24.3 Å². The van der Waals surface area contributed by atoms with Crippen molar-refractivity contribution in [2.45, 2.75) is 115 Å². The average Bonchev–Trinajstić information content (AvgIpc) is 3.65. The van der Waals surface area contributed by atoms with Crippen molar-refractivity contribution >= 4 is 11.9 Å². The van der Waals surface area contributed by atoms with Crippen LogP contribution in [0.3, 0.4) is 0 Å². The minimum absolute atomic E-state index is 0.0937. The van der Waals surface area contributed by atoms with Crippen molar-refractivity contribution in [3.05, 3.63) is 60.3 Å². The number of hydrogen-bond donors (Lipinski definition) is 1. The largest absolute Gasteiger partial charge is 0.459 e. The third kappa shape index (κ3) is 9.54. The van der Waals surface area contributed by atoms with Gasteiger partial charge < -0.3 is 28.8 Å². The van der Waals surface area contributed by atoms with Gasteiger partial charge >= 0.3 is 11.9 Å². The number of fused-ring (bicyclic) bond motifs is 3. The topological polar surface area (TPSA) is 104 Å². The van der Waals surface area contributed by atoms with Crippen molar-refractivity contribution in [3.63, 3.8) is 0 Å². The summed E-state index contributed by atoms with van der Waals surface area (Å²) in [6.45, 7) is 10.4. The molecule has 0 aromatic rings. The Balaban J connectivity index is 1.50. The number of rotatable bonds is 4. The zero-order valence-electron chi connectivity index (χ0n) is 23.9. The Morgan fingerprint density at radius 1 is 1.18 bits per heavy atom. The van der Waals surface area contributed by atoms with Crippen molar-refractivity contribution in [1.82, 2.24) is 0 Å². The van der Waals surface area contributed by atoms with Crippen molar-refractivity contribution in [2.75, 3.05) is 6.61 Å². The van der Waals surface area contributed by atoms with Gasteiger partial charge in [-0.05, 0) is 44.9 Å². The van der Waals surface area contributed by atoms with Gasteiger partial charge in [0.15, 0.2) is 0 Å². The van der Waals surface area contributed by atoms with Crippen LogP contribution in [0, 0.1) is 5.92 Å². The molecule has 220 valence electrons. The van der Waals surface area contributed by atoms with Gasteiger partial charge in [0.25, 0.3) is 0 Å². The molecule has 0 spiro atoms. The molecule has 2 bridgehead atoms. The highest BCUT2D eigenvalue weighted by Crippen LogP contribution is 2.36. The molecule has 4 rings (SSSR count). The summed E-state index contributed by atoms with van der Waals surface area (Å²) < 4.78 is 29.3. The molecule has 1 saturated heterocycles. The van der Waals surface area contributed by atoms with Crippen LogP contribution in [0.15, 0.2) is 60.3 Å². The van der Waals surface area contributed by atoms with E-state index in [9.17, 15) is 14.7 Å². The summed E-state index contributed by atoms with van der Waals surface area (Å²) >= 11 is 0. The molecule has 4 aliphatic rings. The second-order valence-corrected chi connectivity index (χ2v) is 11.6. The fourth-order valence-electron chi connectivity index (χ4n) is 5.75. The number of ether oxygens (including phenoxy) is 5. The molecule has 1 N–H and O–H groups in total. The van der Waals surface area contributed by atoms with Gasteiger partial charge in [-0.25, -0.2) is 4.79 Å². The minimum atomic E-state index is -1.06. The van der Waals surface area contributed by atoms with Crippen molar-refractivity contribution in [2.24, 2.45) is 5.92 Å². The molecular formula is C32H44O8. The van der Waals surface area contributed by atoms with Gasteiger partial charge in [0.1, 0.15) is 24.4 Å². The molecule has 8 nitrogen and oxygen atoms in total. The molecule has 0 amide bonds. The van der Waals surface area contributed by atoms with Crippen LogP contribution in [0.4, 0.5) is 0 Å². The molecule has 0 aromatic heterocycles. The Kier molecular flexibility index (Phi) is 11.0. The normalized spacial score (nSPS) is 37.4. The number of aliphatic hydroxyl groups is 1. The Labute approximate surface area is 237 Å². The third-order valence-electron chi connectivity index (χ3n) is 7.74. The maximum absolute atomic E-state index is 12.8. The Bertz CT molecular complexity index is 1030. The molecule has 9 atom stereocenters. The third-order valence-corrected chi connectivity index (χ3v) is 7.74. The second kappa shape index (κ2) is 14.4. The summed E-state index contributed by atoms with van der Waals surface area (Å²) in [5.74, 6) is -0.580. The van der Waals surface area contributed by atoms with Crippen molar-refractivity contribution < 1.29 is 38.4 Å². The minimum Gasteiger partial charge on any atom is -0.459 e. The molecule has 40 heavy (non-hydrogen) atoms. The zero-order valence-corrected chi connectivity index (χ0v) is 23.9.